The van der Waals surface area contributed by atoms with Crippen molar-refractivity contribution in [2.75, 3.05) is 84.1 Å². The Hall–Kier alpha value is -7.84. The number of aliphatic hydroxyl groups is 4. The minimum Gasteiger partial charge on any atom is -0.479 e. The zero-order valence-electron chi connectivity index (χ0n) is 58.2. The molecule has 6 unspecified atom stereocenters. The first-order valence-corrected chi connectivity index (χ1v) is 39.6. The molecule has 5 aromatic rings. The van der Waals surface area contributed by atoms with E-state index in [1.54, 1.807) is 36.4 Å². The minimum atomic E-state index is -4.29. The second-order valence-electron chi connectivity index (χ2n) is 25.6. The minimum absolute atomic E-state index is 0.0318. The molecule has 11 N–H and O–H groups in total. The monoisotopic (exact) mass is 1570 g/mol. The highest BCUT2D eigenvalue weighted by Gasteiger charge is 2.53. The van der Waals surface area contributed by atoms with Gasteiger partial charge in [0, 0.05) is 82.5 Å². The lowest BCUT2D eigenvalue weighted by atomic mass is 9.99. The molecule has 0 spiro atoms. The summed E-state index contributed by atoms with van der Waals surface area (Å²) in [7, 11) is 2.74. The molecule has 3 saturated heterocycles. The summed E-state index contributed by atoms with van der Waals surface area (Å²) in [6.07, 6.45) is -7.73. The topological polar surface area (TPSA) is 492 Å². The van der Waals surface area contributed by atoms with Crippen molar-refractivity contribution in [3.05, 3.63) is 94.4 Å². The smallest absolute Gasteiger partial charge is 0.409 e. The Morgan fingerprint density at radius 3 is 2.33 bits per heavy atom. The van der Waals surface area contributed by atoms with E-state index in [0.717, 1.165) is 31.2 Å². The second-order valence-corrected chi connectivity index (χ2v) is 31.3. The number of carboxylic acid groups (broad SMARTS) is 1. The van der Waals surface area contributed by atoms with E-state index >= 15 is 0 Å². The van der Waals surface area contributed by atoms with Crippen LogP contribution in [0.2, 0.25) is 0 Å². The van der Waals surface area contributed by atoms with Crippen LogP contribution in [-0.2, 0) is 90.2 Å². The lowest BCUT2D eigenvalue weighted by molar-refractivity contribution is -0.271. The number of hydrogen-bond acceptors (Lipinski definition) is 29. The van der Waals surface area contributed by atoms with E-state index in [9.17, 15) is 68.6 Å². The molecule has 5 amide bonds. The van der Waals surface area contributed by atoms with Gasteiger partial charge < -0.3 is 103 Å². The normalized spacial score (nSPS) is 28.7. The average Bonchev–Trinajstić information content (AvgIpc) is 1.65. The lowest BCUT2D eigenvalue weighted by Crippen LogP contribution is -2.61. The number of aliphatic carboxylic acids is 1. The van der Waals surface area contributed by atoms with Crippen LogP contribution in [0.5, 0.6) is 11.6 Å². The highest BCUT2D eigenvalue weighted by atomic mass is 32.7. The number of alkyl carbamates (subject to hydrolysis) is 1. The number of ether oxygens (including phenoxy) is 8. The Morgan fingerprint density at radius 1 is 0.841 bits per heavy atom. The number of aliphatic hydroxyl groups excluding tert-OH is 4. The van der Waals surface area contributed by atoms with E-state index in [1.165, 1.54) is 54.6 Å². The number of anilines is 2. The molecule has 3 aromatic heterocycles. The number of benzene rings is 2. The van der Waals surface area contributed by atoms with E-state index in [4.69, 9.17) is 67.8 Å². The van der Waals surface area contributed by atoms with Crippen LogP contribution < -0.4 is 36.3 Å². The van der Waals surface area contributed by atoms with Gasteiger partial charge >= 0.3 is 31.7 Å². The fourth-order valence-corrected chi connectivity index (χ4v) is 15.7. The number of nitrogens with zero attached hydrogens (tertiary/aromatic N) is 6. The van der Waals surface area contributed by atoms with Gasteiger partial charge in [-0.15, -0.1) is 11.8 Å². The number of carboxylic acids is 1. The Kier molecular flexibility index (Phi) is 29.0. The molecule has 582 valence electrons. The van der Waals surface area contributed by atoms with Gasteiger partial charge in [-0.25, -0.2) is 33.9 Å². The molecule has 2 bridgehead atoms. The number of carbonyl (C=O) groups excluding carboxylic acids is 5. The van der Waals surface area contributed by atoms with Crippen molar-refractivity contribution in [2.45, 2.75) is 139 Å². The van der Waals surface area contributed by atoms with Crippen LogP contribution in [0, 0.1) is 35.5 Å². The summed E-state index contributed by atoms with van der Waals surface area (Å²) in [5.74, 6) is 4.59. The van der Waals surface area contributed by atoms with Crippen LogP contribution in [0.3, 0.4) is 0 Å². The highest BCUT2D eigenvalue weighted by Crippen LogP contribution is 2.59. The molecule has 37 nitrogen and oxygen atoms in total. The Balaban J connectivity index is 0.000000230. The van der Waals surface area contributed by atoms with Crippen LogP contribution in [0.1, 0.15) is 86.0 Å². The van der Waals surface area contributed by atoms with Crippen molar-refractivity contribution in [1.82, 2.24) is 45.0 Å². The Morgan fingerprint density at radius 2 is 1.60 bits per heavy atom. The van der Waals surface area contributed by atoms with Crippen molar-refractivity contribution in [3.63, 3.8) is 0 Å². The molecule has 11 rings (SSSR count). The summed E-state index contributed by atoms with van der Waals surface area (Å²) in [6, 6.07) is 12.9. The molecule has 2 saturated carbocycles. The summed E-state index contributed by atoms with van der Waals surface area (Å²) in [5, 5.41) is 61.6. The van der Waals surface area contributed by atoms with Crippen LogP contribution in [0.25, 0.3) is 11.2 Å². The molecular formula is C66H85N11O26P2S2. The molecule has 2 aromatic carbocycles. The molecular weight excluding hydrogens is 1490 g/mol. The number of fused-ring (bicyclic) bond motifs is 5. The first-order valence-electron chi connectivity index (χ1n) is 34.3. The number of rotatable bonds is 26. The van der Waals surface area contributed by atoms with Crippen molar-refractivity contribution >= 4 is 96.2 Å². The molecule has 5 fully saturated rings. The standard InChI is InChI=1S/C35H49N3O13.C31H36N8O13P2S2/c1-2-21-9-10-26(50-34-31(43)29(41)30(42)32(51-34)33(44)45)25(19-21)38-28(40)11-13-36-27(39)12-15-47-17-18-48-16-14-37-35(46)49-20-24-22-7-5-3-4-6-8-23(22)24;1-38(31(43)46-2)11-16-5-3-4-6-19(16)27(41)36-30-35-26-23(28(42)37-30)34-15-39(26)29-25-24(40)21(50-29)13-48-53(44,55)51-20-10-18(49-22-7-8-32-14-33-22)9-17(20)12-47-54(45,56)52-25/h9-10,19,22-24,29-32,34,41-43H,2,5-8,11-18,20H2,1H3,(H,36,39)(H,37,46)(H,38,40)(H,44,45);3-8,14-15,17-18,20-21,24-25,29,40H,9-13H2,1-2H3,(H,44,55)(H,45,56)(H2,35,36,37,41,42)/t22-,23+,24?,29-,30-,31+,32-,34?;17-,18?,20+,21?,24-,25-,29-,53?,54?/m01/s1. The predicted molar refractivity (Wildman–Crippen MR) is 380 cm³/mol. The number of carbonyl (C=O) groups is 6. The van der Waals surface area contributed by atoms with Gasteiger partial charge in [0.25, 0.3) is 11.5 Å². The van der Waals surface area contributed by atoms with Gasteiger partial charge in [0.15, 0.2) is 23.5 Å². The van der Waals surface area contributed by atoms with Crippen LogP contribution >= 0.6 is 25.8 Å². The highest BCUT2D eigenvalue weighted by molar-refractivity contribution is 8.44. The maximum absolute atomic E-state index is 13.8. The van der Waals surface area contributed by atoms with Crippen LogP contribution in [0.4, 0.5) is 21.2 Å². The number of nitrogens with one attached hydrogen (secondary N) is 5. The van der Waals surface area contributed by atoms with Gasteiger partial charge in [0.05, 0.1) is 71.5 Å². The Bertz CT molecular complexity index is 4140. The fraction of sp³-hybridized carbons (Fsp3) is 0.561. The van der Waals surface area contributed by atoms with Crippen molar-refractivity contribution in [3.8, 4) is 23.5 Å². The van der Waals surface area contributed by atoms with E-state index in [0.29, 0.717) is 55.2 Å². The maximum atomic E-state index is 13.8. The van der Waals surface area contributed by atoms with E-state index in [-0.39, 0.29) is 105 Å². The molecule has 0 radical (unpaired) electrons. The van der Waals surface area contributed by atoms with Crippen molar-refractivity contribution < 1.29 is 120 Å². The fourth-order valence-electron chi connectivity index (χ4n) is 12.7. The van der Waals surface area contributed by atoms with Gasteiger partial charge in [0.2, 0.25) is 29.9 Å². The van der Waals surface area contributed by atoms with Gasteiger partial charge in [0.1, 0.15) is 54.8 Å². The first kappa shape index (κ1) is 81.7. The predicted octanol–water partition coefficient (Wildman–Crippen LogP) is 3.10. The number of hydrogen-bond donors (Lipinski definition) is 12. The molecule has 3 aliphatic heterocycles. The lowest BCUT2D eigenvalue weighted by Gasteiger charge is -2.38. The number of aryl methyl sites for hydroxylation is 1. The van der Waals surface area contributed by atoms with Crippen molar-refractivity contribution in [1.29, 1.82) is 0 Å². The number of amides is 5. The SMILES string of the molecule is CCc1ccc(OC2O[C@H](C(=O)O)[C@@H](O)[C@H](O)[C@H]2O)c(NC(=O)CCNC(=O)CCOCCOCCNC(=O)OCC2[C@H]3CCC#CCC[C@@H]23)c1.COC(=O)N(C)Cc1ccccc1C(=O)Nc1nc2c(ncn2[C@@H]2OC3COP(O)(=S)O[C@H]4CC(Oc5ccncn5)C[C@@H]4COP(=O)(S)O[C@@H]2[C@@H]3O)c(=O)[nH]1. The average molecular weight is 1570 g/mol. The molecule has 6 aliphatic rings. The quantitative estimate of drug-likeness (QED) is 0.0164. The van der Waals surface area contributed by atoms with Gasteiger partial charge in [-0.2, -0.15) is 4.98 Å². The number of H-pyrrole nitrogens is 1. The summed E-state index contributed by atoms with van der Waals surface area (Å²) in [6.45, 7) is -5.31. The zero-order valence-corrected chi connectivity index (χ0v) is 61.7. The summed E-state index contributed by atoms with van der Waals surface area (Å²) < 4.78 is 82.0. The number of methoxy groups -OCH3 is 1. The van der Waals surface area contributed by atoms with E-state index in [1.807, 2.05) is 6.92 Å². The third kappa shape index (κ3) is 22.4. The summed E-state index contributed by atoms with van der Waals surface area (Å²) in [5.41, 5.74) is 0.656. The van der Waals surface area contributed by atoms with E-state index < -0.39 is 129 Å². The van der Waals surface area contributed by atoms with Crippen LogP contribution in [0.15, 0.2) is 72.2 Å². The molecule has 6 heterocycles. The van der Waals surface area contributed by atoms with E-state index in [2.05, 4.69) is 70.3 Å². The second kappa shape index (κ2) is 38.0. The third-order valence-corrected chi connectivity index (χ3v) is 21.5. The molecule has 17 atom stereocenters. The number of aromatic amines is 1. The third-order valence-electron chi connectivity index (χ3n) is 18.3. The van der Waals surface area contributed by atoms with Gasteiger partial charge in [-0.05, 0) is 84.6 Å². The number of imidazole rings is 1. The summed E-state index contributed by atoms with van der Waals surface area (Å²) >= 11 is 9.52. The van der Waals surface area contributed by atoms with Gasteiger partial charge in [-0.3, -0.25) is 38.6 Å². The molecule has 41 heteroatoms. The molecule has 107 heavy (non-hydrogen) atoms. The van der Waals surface area contributed by atoms with Crippen LogP contribution in [-0.4, -0.2) is 235 Å². The summed E-state index contributed by atoms with van der Waals surface area (Å²) in [4.78, 5) is 118. The zero-order chi connectivity index (χ0) is 76.5. The van der Waals surface area contributed by atoms with Crippen molar-refractivity contribution in [2.24, 2.45) is 23.7 Å². The number of thiol groups is 1. The number of aromatic nitrogens is 6. The Labute approximate surface area is 622 Å². The molecule has 3 aliphatic carbocycles. The maximum Gasteiger partial charge on any atom is 0.409 e. The van der Waals surface area contributed by atoms with Gasteiger partial charge in [-0.1, -0.05) is 43.4 Å². The largest absolute Gasteiger partial charge is 0.479 e. The first-order chi connectivity index (χ1) is 51.3.